The van der Waals surface area contributed by atoms with Crippen molar-refractivity contribution in [1.82, 2.24) is 0 Å². The van der Waals surface area contributed by atoms with Gasteiger partial charge < -0.3 is 20.8 Å². The van der Waals surface area contributed by atoms with Crippen molar-refractivity contribution in [3.8, 4) is 0 Å². The van der Waals surface area contributed by atoms with Crippen LogP contribution in [0.3, 0.4) is 0 Å². The summed E-state index contributed by atoms with van der Waals surface area (Å²) >= 11 is 0. The lowest BCUT2D eigenvalue weighted by molar-refractivity contribution is -0.138. The Hall–Kier alpha value is -8.44. The lowest BCUT2D eigenvalue weighted by atomic mass is 9.94. The van der Waals surface area contributed by atoms with Gasteiger partial charge in [0.25, 0.3) is 32.1 Å². The van der Waals surface area contributed by atoms with Gasteiger partial charge in [-0.3, -0.25) is 48.7 Å². The summed E-state index contributed by atoms with van der Waals surface area (Å²) < 4.78 is 69.6. The van der Waals surface area contributed by atoms with Crippen LogP contribution in [0.2, 0.25) is 0 Å². The molecule has 0 radical (unpaired) electrons. The van der Waals surface area contributed by atoms with Gasteiger partial charge in [0.05, 0.1) is 11.4 Å². The Bertz CT molecular complexity index is 3070. The Kier molecular flexibility index (Phi) is 13.7. The van der Waals surface area contributed by atoms with E-state index in [1.54, 1.807) is 48.5 Å². The van der Waals surface area contributed by atoms with Crippen molar-refractivity contribution in [3.05, 3.63) is 164 Å². The van der Waals surface area contributed by atoms with Crippen LogP contribution in [0.15, 0.2) is 129 Å². The molecule has 0 atom stereocenters. The molecule has 0 aliphatic heterocycles. The van der Waals surface area contributed by atoms with E-state index in [0.29, 0.717) is 11.4 Å². The van der Waals surface area contributed by atoms with Gasteiger partial charge in [-0.05, 0) is 132 Å². The average molecular weight is 961 g/mol. The number of allylic oxidation sites excluding steroid dienone is 2. The van der Waals surface area contributed by atoms with E-state index in [1.807, 2.05) is 0 Å². The number of rotatable bonds is 16. The Balaban J connectivity index is 1.01. The number of Topliss-reactive ketones (excluding diaryl/α,β-unsaturated/α-hetero) is 2. The molecule has 0 fully saturated rings. The van der Waals surface area contributed by atoms with Crippen molar-refractivity contribution in [1.29, 1.82) is 0 Å². The van der Waals surface area contributed by atoms with Crippen molar-refractivity contribution in [2.24, 2.45) is 10.2 Å². The molecule has 2 amide bonds. The second kappa shape index (κ2) is 19.6. The van der Waals surface area contributed by atoms with Gasteiger partial charge in [-0.2, -0.15) is 27.0 Å². The lowest BCUT2D eigenvalue weighted by Gasteiger charge is -2.17. The molecule has 0 saturated heterocycles. The van der Waals surface area contributed by atoms with Crippen LogP contribution >= 0.6 is 0 Å². The molecule has 0 spiro atoms. The first-order chi connectivity index (χ1) is 32.2. The van der Waals surface area contributed by atoms with E-state index in [2.05, 4.69) is 31.7 Å². The molecule has 22 heteroatoms. The predicted molar refractivity (Wildman–Crippen MR) is 250 cm³/mol. The van der Waals surface area contributed by atoms with Gasteiger partial charge in [-0.25, -0.2) is 0 Å². The summed E-state index contributed by atoms with van der Waals surface area (Å²) in [6.45, 7) is 0. The minimum absolute atomic E-state index is 0.0124. The van der Waals surface area contributed by atoms with E-state index in [0.717, 1.165) is 23.3 Å². The number of ketones is 2. The first kappa shape index (κ1) is 47.5. The molecule has 68 heavy (non-hydrogen) atoms. The third kappa shape index (κ3) is 11.3. The summed E-state index contributed by atoms with van der Waals surface area (Å²) in [5.74, 6) is -4.92. The molecule has 2 aliphatic rings. The number of carbonyl (C=O) groups is 6. The molecule has 5 aromatic rings. The highest BCUT2D eigenvalue weighted by Gasteiger charge is 2.34. The zero-order valence-electron chi connectivity index (χ0n) is 35.0. The molecule has 0 aromatic heterocycles. The van der Waals surface area contributed by atoms with Crippen molar-refractivity contribution >= 4 is 102 Å². The molecule has 2 aliphatic carbocycles. The normalized spacial score (nSPS) is 14.6. The number of hydrazone groups is 2. The number of aryl methyl sites for hydroxylation is 2. The number of hydrogen-bond donors (Lipinski definition) is 8. The fraction of sp³-hybridized carbons (Fsp3) is 0.0870. The van der Waals surface area contributed by atoms with Gasteiger partial charge in [-0.15, -0.1) is 0 Å². The molecular formula is C46H36N6O14S2. The van der Waals surface area contributed by atoms with Crippen LogP contribution in [-0.4, -0.2) is 82.9 Å². The first-order valence-corrected chi connectivity index (χ1v) is 22.9. The number of nitrogens with zero attached hydrogens (tertiary/aromatic N) is 2. The number of fused-ring (bicyclic) bond motifs is 2. The Morgan fingerprint density at radius 3 is 1.15 bits per heavy atom. The Labute approximate surface area is 386 Å². The average Bonchev–Trinajstić information content (AvgIpc) is 3.29. The minimum Gasteiger partial charge on any atom is -0.481 e. The van der Waals surface area contributed by atoms with Crippen molar-refractivity contribution in [3.63, 3.8) is 0 Å². The first-order valence-electron chi connectivity index (χ1n) is 20.0. The van der Waals surface area contributed by atoms with Crippen molar-refractivity contribution in [2.45, 2.75) is 25.7 Å². The van der Waals surface area contributed by atoms with Crippen LogP contribution < -0.4 is 21.5 Å². The maximum absolute atomic E-state index is 13.5. The number of aliphatic carboxylic acids is 2. The number of anilines is 4. The number of carbonyl (C=O) groups excluding carboxylic acids is 4. The fourth-order valence-electron chi connectivity index (χ4n) is 6.85. The van der Waals surface area contributed by atoms with Crippen LogP contribution in [0.5, 0.6) is 0 Å². The van der Waals surface area contributed by atoms with E-state index >= 15 is 0 Å². The monoisotopic (exact) mass is 960 g/mol. The number of carboxylic acid groups (broad SMARTS) is 2. The highest BCUT2D eigenvalue weighted by Crippen LogP contribution is 2.30. The summed E-state index contributed by atoms with van der Waals surface area (Å²) in [4.78, 5) is 73.5. The molecule has 0 bridgehead atoms. The SMILES string of the molecule is O=C(O)CCc1ccc(N/N=C2\C(=O)c3ccc(NC(=O)c4ccc(C(=O)Nc5ccc6c(c5)C=C(S(=O)(=O)O)/C(=N/Nc5ccc(CCC(=O)O)cc5)C6=O)cc4)cc3C=C2S(=O)(=O)O)cc1. The summed E-state index contributed by atoms with van der Waals surface area (Å²) in [5, 5.41) is 31.0. The molecule has 346 valence electrons. The molecule has 7 rings (SSSR count). The second-order valence-electron chi connectivity index (χ2n) is 15.0. The molecule has 8 N–H and O–H groups in total. The largest absolute Gasteiger partial charge is 0.481 e. The van der Waals surface area contributed by atoms with Gasteiger partial charge in [0.1, 0.15) is 9.81 Å². The van der Waals surface area contributed by atoms with Gasteiger partial charge >= 0.3 is 11.9 Å². The van der Waals surface area contributed by atoms with Crippen LogP contribution in [0.1, 0.15) is 76.5 Å². The Morgan fingerprint density at radius 2 is 0.824 bits per heavy atom. The zero-order valence-corrected chi connectivity index (χ0v) is 36.6. The van der Waals surface area contributed by atoms with Gasteiger partial charge in [-0.1, -0.05) is 24.3 Å². The predicted octanol–water partition coefficient (Wildman–Crippen LogP) is 6.01. The van der Waals surface area contributed by atoms with E-state index in [4.69, 9.17) is 10.2 Å². The summed E-state index contributed by atoms with van der Waals surface area (Å²) in [5.41, 5.74) is 6.66. The van der Waals surface area contributed by atoms with E-state index in [-0.39, 0.29) is 70.4 Å². The van der Waals surface area contributed by atoms with Gasteiger partial charge in [0.2, 0.25) is 11.6 Å². The van der Waals surface area contributed by atoms with Crippen LogP contribution in [0.4, 0.5) is 22.7 Å². The van der Waals surface area contributed by atoms with Gasteiger partial charge in [0.15, 0.2) is 11.4 Å². The van der Waals surface area contributed by atoms with E-state index in [1.165, 1.54) is 60.7 Å². The quantitative estimate of drug-likeness (QED) is 0.0414. The lowest BCUT2D eigenvalue weighted by Crippen LogP contribution is -2.27. The second-order valence-corrected chi connectivity index (χ2v) is 17.8. The van der Waals surface area contributed by atoms with Crippen LogP contribution in [-0.2, 0) is 42.7 Å². The summed E-state index contributed by atoms with van der Waals surface area (Å²) in [6, 6.07) is 26.2. The Morgan fingerprint density at radius 1 is 0.485 bits per heavy atom. The summed E-state index contributed by atoms with van der Waals surface area (Å²) in [7, 11) is -9.98. The van der Waals surface area contributed by atoms with Gasteiger partial charge in [0, 0.05) is 46.5 Å². The smallest absolute Gasteiger partial charge is 0.303 e. The topological polar surface area (TPSA) is 324 Å². The van der Waals surface area contributed by atoms with Crippen molar-refractivity contribution in [2.75, 3.05) is 21.5 Å². The van der Waals surface area contributed by atoms with Crippen LogP contribution in [0, 0.1) is 0 Å². The third-order valence-electron chi connectivity index (χ3n) is 10.3. The zero-order chi connectivity index (χ0) is 48.9. The maximum atomic E-state index is 13.5. The molecule has 20 nitrogen and oxygen atoms in total. The number of amides is 2. The highest BCUT2D eigenvalue weighted by molar-refractivity contribution is 7.91. The standard InChI is InChI=1S/C46H36N6O14S2/c53-39(54)19-5-25-1-11-31(12-2-25)49-51-41-37(67(61,62)63)23-29-21-33(15-17-35(29)43(41)57)47-45(59)27-7-9-28(10-8-27)46(60)48-34-16-18-36-30(22-34)24-38(68(64,65)66)42(44(36)58)52-50-32-13-3-26(4-14-32)6-20-40(55)56/h1-4,7-18,21-24,49-50H,5-6,19-20H2,(H,47,59)(H,48,60)(H,53,54)(H,55,56)(H,61,62,63)(H,64,65,66)/b51-41-,52-42-. The molecule has 0 saturated carbocycles. The number of nitrogens with one attached hydrogen (secondary N) is 4. The van der Waals surface area contributed by atoms with Crippen LogP contribution in [0.25, 0.3) is 12.2 Å². The third-order valence-corrected chi connectivity index (χ3v) is 12.0. The molecule has 5 aromatic carbocycles. The number of hydrogen-bond acceptors (Lipinski definition) is 14. The van der Waals surface area contributed by atoms with E-state index in [9.17, 15) is 54.7 Å². The minimum atomic E-state index is -4.99. The number of carboxylic acids is 2. The molecule has 0 unspecified atom stereocenters. The van der Waals surface area contributed by atoms with Crippen molar-refractivity contribution < 1.29 is 64.9 Å². The molecular weight excluding hydrogens is 925 g/mol. The summed E-state index contributed by atoms with van der Waals surface area (Å²) in [6.07, 6.45) is 2.44. The number of benzene rings is 5. The van der Waals surface area contributed by atoms with E-state index < -0.39 is 76.8 Å². The fourth-order valence-corrected chi connectivity index (χ4v) is 8.17. The maximum Gasteiger partial charge on any atom is 0.303 e. The highest BCUT2D eigenvalue weighted by atomic mass is 32.2. The molecule has 0 heterocycles.